The average Bonchev–Trinajstić information content (AvgIpc) is 3.23. The van der Waals surface area contributed by atoms with Crippen LogP contribution < -0.4 is 5.56 Å². The summed E-state index contributed by atoms with van der Waals surface area (Å²) >= 11 is 12.2. The minimum atomic E-state index is -4.45. The number of aryl methyl sites for hydroxylation is 1. The molecule has 0 unspecified atom stereocenters. The van der Waals surface area contributed by atoms with Crippen LogP contribution in [0.2, 0.25) is 10.0 Å². The fraction of sp³-hybridized carbons (Fsp3) is 0.115. The van der Waals surface area contributed by atoms with Gasteiger partial charge in [0, 0.05) is 15.6 Å². The second-order valence-electron chi connectivity index (χ2n) is 8.20. The molecule has 10 heteroatoms. The van der Waals surface area contributed by atoms with Crippen molar-refractivity contribution in [3.63, 3.8) is 0 Å². The standard InChI is InChI=1S/C26H17Cl2F3N4O/c1-15-32-33-24-22(17-4-10-20(27)11-5-17)23(18-6-12-21(28)13-7-18)25(36)34(35(15)24)14-16-2-8-19(9-3-16)26(29,30)31/h2-13H,14H2,1H3. The third kappa shape index (κ3) is 4.38. The van der Waals surface area contributed by atoms with Crippen molar-refractivity contribution in [3.05, 3.63) is 110 Å². The molecule has 182 valence electrons. The molecule has 5 aromatic rings. The van der Waals surface area contributed by atoms with E-state index in [2.05, 4.69) is 10.2 Å². The van der Waals surface area contributed by atoms with E-state index in [1.54, 1.807) is 60.0 Å². The highest BCUT2D eigenvalue weighted by molar-refractivity contribution is 6.31. The summed E-state index contributed by atoms with van der Waals surface area (Å²) < 4.78 is 42.1. The van der Waals surface area contributed by atoms with Crippen LogP contribution in [0.25, 0.3) is 27.9 Å². The first-order valence-corrected chi connectivity index (χ1v) is 11.6. The number of halogens is 5. The highest BCUT2D eigenvalue weighted by Crippen LogP contribution is 2.34. The van der Waals surface area contributed by atoms with Gasteiger partial charge in [0.05, 0.1) is 17.7 Å². The number of rotatable bonds is 4. The molecule has 0 amide bonds. The molecule has 2 heterocycles. The summed E-state index contributed by atoms with van der Waals surface area (Å²) in [7, 11) is 0. The Kier molecular flexibility index (Phi) is 6.10. The molecule has 0 saturated heterocycles. The van der Waals surface area contributed by atoms with E-state index >= 15 is 0 Å². The van der Waals surface area contributed by atoms with Gasteiger partial charge in [0.15, 0.2) is 5.65 Å². The van der Waals surface area contributed by atoms with Gasteiger partial charge < -0.3 is 0 Å². The van der Waals surface area contributed by atoms with Crippen molar-refractivity contribution in [2.75, 3.05) is 0 Å². The van der Waals surface area contributed by atoms with E-state index in [1.165, 1.54) is 16.8 Å². The smallest absolute Gasteiger partial charge is 0.267 e. The number of fused-ring (bicyclic) bond motifs is 1. The van der Waals surface area contributed by atoms with E-state index in [0.717, 1.165) is 12.1 Å². The Morgan fingerprint density at radius 1 is 0.778 bits per heavy atom. The molecule has 2 aromatic heterocycles. The molecule has 0 saturated carbocycles. The molecule has 0 aliphatic carbocycles. The molecule has 0 fully saturated rings. The Balaban J connectivity index is 1.78. The first-order chi connectivity index (χ1) is 17.1. The molecule has 36 heavy (non-hydrogen) atoms. The summed E-state index contributed by atoms with van der Waals surface area (Å²) in [6.07, 6.45) is -4.45. The molecule has 0 radical (unpaired) electrons. The van der Waals surface area contributed by atoms with Gasteiger partial charge in [-0.25, -0.2) is 9.20 Å². The summed E-state index contributed by atoms with van der Waals surface area (Å²) in [5, 5.41) is 9.60. The number of hydrogen-bond acceptors (Lipinski definition) is 3. The molecule has 3 aromatic carbocycles. The van der Waals surface area contributed by atoms with Gasteiger partial charge in [-0.05, 0) is 60.0 Å². The lowest BCUT2D eigenvalue weighted by molar-refractivity contribution is -0.137. The van der Waals surface area contributed by atoms with Crippen LogP contribution in [0.3, 0.4) is 0 Å². The van der Waals surface area contributed by atoms with Crippen molar-refractivity contribution in [2.24, 2.45) is 0 Å². The summed E-state index contributed by atoms with van der Waals surface area (Å²) in [5.74, 6) is 0.451. The monoisotopic (exact) mass is 528 g/mol. The molecule has 5 nitrogen and oxygen atoms in total. The van der Waals surface area contributed by atoms with E-state index in [0.29, 0.717) is 49.3 Å². The van der Waals surface area contributed by atoms with Crippen LogP contribution in [0.5, 0.6) is 0 Å². The first-order valence-electron chi connectivity index (χ1n) is 10.8. The molecule has 0 N–H and O–H groups in total. The van der Waals surface area contributed by atoms with Gasteiger partial charge in [0.25, 0.3) is 5.56 Å². The maximum absolute atomic E-state index is 14.1. The molecule has 0 spiro atoms. The van der Waals surface area contributed by atoms with Crippen LogP contribution in [-0.4, -0.2) is 19.4 Å². The van der Waals surface area contributed by atoms with Crippen LogP contribution in [-0.2, 0) is 12.7 Å². The summed E-state index contributed by atoms with van der Waals surface area (Å²) in [6.45, 7) is 1.71. The lowest BCUT2D eigenvalue weighted by Crippen LogP contribution is -2.29. The predicted octanol–water partition coefficient (Wildman–Crippen LogP) is 6.91. The zero-order valence-electron chi connectivity index (χ0n) is 18.7. The normalized spacial score (nSPS) is 11.8. The number of aromatic nitrogens is 4. The summed E-state index contributed by atoms with van der Waals surface area (Å²) in [6, 6.07) is 18.6. The fourth-order valence-electron chi connectivity index (χ4n) is 4.13. The second kappa shape index (κ2) is 9.11. The van der Waals surface area contributed by atoms with Crippen molar-refractivity contribution in [2.45, 2.75) is 19.6 Å². The molecule has 0 aliphatic heterocycles. The number of benzene rings is 3. The SMILES string of the molecule is Cc1nnc2c(-c3ccc(Cl)cc3)c(-c3ccc(Cl)cc3)c(=O)n(Cc3ccc(C(F)(F)F)cc3)n12. The minimum Gasteiger partial charge on any atom is -0.267 e. The fourth-order valence-corrected chi connectivity index (χ4v) is 4.38. The van der Waals surface area contributed by atoms with Gasteiger partial charge >= 0.3 is 6.18 Å². The zero-order chi connectivity index (χ0) is 25.6. The molecule has 5 rings (SSSR count). The van der Waals surface area contributed by atoms with Gasteiger partial charge in [0.1, 0.15) is 5.82 Å². The van der Waals surface area contributed by atoms with Crippen molar-refractivity contribution in [3.8, 4) is 22.3 Å². The van der Waals surface area contributed by atoms with Crippen molar-refractivity contribution in [1.29, 1.82) is 0 Å². The molecule has 0 bridgehead atoms. The van der Waals surface area contributed by atoms with Gasteiger partial charge in [-0.3, -0.25) is 4.79 Å². The third-order valence-corrected chi connectivity index (χ3v) is 6.34. The molecule has 0 aliphatic rings. The summed E-state index contributed by atoms with van der Waals surface area (Å²) in [4.78, 5) is 14.1. The Bertz CT molecular complexity index is 1620. The van der Waals surface area contributed by atoms with Crippen LogP contribution in [0.1, 0.15) is 17.0 Å². The molecular weight excluding hydrogens is 512 g/mol. The Morgan fingerprint density at radius 3 is 1.83 bits per heavy atom. The van der Waals surface area contributed by atoms with Crippen LogP contribution in [0.15, 0.2) is 77.6 Å². The van der Waals surface area contributed by atoms with Crippen LogP contribution >= 0.6 is 23.2 Å². The highest BCUT2D eigenvalue weighted by Gasteiger charge is 2.30. The largest absolute Gasteiger partial charge is 0.416 e. The van der Waals surface area contributed by atoms with E-state index in [9.17, 15) is 18.0 Å². The van der Waals surface area contributed by atoms with Gasteiger partial charge in [0.2, 0.25) is 0 Å². The maximum Gasteiger partial charge on any atom is 0.416 e. The lowest BCUT2D eigenvalue weighted by Gasteiger charge is -2.18. The van der Waals surface area contributed by atoms with E-state index < -0.39 is 11.7 Å². The number of alkyl halides is 3. The Hall–Kier alpha value is -3.62. The summed E-state index contributed by atoms with van der Waals surface area (Å²) in [5.41, 5.74) is 2.05. The van der Waals surface area contributed by atoms with Crippen molar-refractivity contribution in [1.82, 2.24) is 19.4 Å². The third-order valence-electron chi connectivity index (χ3n) is 5.84. The van der Waals surface area contributed by atoms with E-state index in [1.807, 2.05) is 0 Å². The molecular formula is C26H17Cl2F3N4O. The lowest BCUT2D eigenvalue weighted by atomic mass is 9.96. The minimum absolute atomic E-state index is 0.00778. The van der Waals surface area contributed by atoms with Crippen LogP contribution in [0.4, 0.5) is 13.2 Å². The first kappa shape index (κ1) is 24.1. The number of hydrogen-bond donors (Lipinski definition) is 0. The van der Waals surface area contributed by atoms with E-state index in [-0.39, 0.29) is 12.1 Å². The maximum atomic E-state index is 14.1. The quantitative estimate of drug-likeness (QED) is 0.254. The zero-order valence-corrected chi connectivity index (χ0v) is 20.2. The van der Waals surface area contributed by atoms with Gasteiger partial charge in [-0.1, -0.05) is 59.6 Å². The Morgan fingerprint density at radius 2 is 1.31 bits per heavy atom. The van der Waals surface area contributed by atoms with Gasteiger partial charge in [-0.2, -0.15) is 13.2 Å². The molecule has 0 atom stereocenters. The Labute approximate surface area is 213 Å². The highest BCUT2D eigenvalue weighted by atomic mass is 35.5. The number of nitrogens with zero attached hydrogens (tertiary/aromatic N) is 4. The predicted molar refractivity (Wildman–Crippen MR) is 133 cm³/mol. The van der Waals surface area contributed by atoms with Gasteiger partial charge in [-0.15, -0.1) is 10.2 Å². The second-order valence-corrected chi connectivity index (χ2v) is 9.08. The van der Waals surface area contributed by atoms with Crippen molar-refractivity contribution >= 4 is 28.8 Å². The average molecular weight is 529 g/mol. The topological polar surface area (TPSA) is 52.2 Å². The van der Waals surface area contributed by atoms with Crippen LogP contribution in [0, 0.1) is 6.92 Å². The van der Waals surface area contributed by atoms with Crippen molar-refractivity contribution < 1.29 is 13.2 Å². The van der Waals surface area contributed by atoms with E-state index in [4.69, 9.17) is 23.2 Å².